The maximum absolute atomic E-state index is 8.17. The molecule has 0 heterocycles. The van der Waals surface area contributed by atoms with Crippen LogP contribution in [0, 0.1) is 0 Å². The van der Waals surface area contributed by atoms with Crippen molar-refractivity contribution in [3.63, 3.8) is 0 Å². The molecule has 0 saturated carbocycles. The topological polar surface area (TPSA) is 17.1 Å². The van der Waals surface area contributed by atoms with E-state index in [0.717, 1.165) is 0 Å². The van der Waals surface area contributed by atoms with Crippen LogP contribution in [0.3, 0.4) is 0 Å². The normalized spacial score (nSPS) is 0.600. The van der Waals surface area contributed by atoms with Gasteiger partial charge >= 0.3 is 20.0 Å². The van der Waals surface area contributed by atoms with Gasteiger partial charge in [-0.15, -0.1) is 0 Å². The molecule has 31 valence electrons. The summed E-state index contributed by atoms with van der Waals surface area (Å²) in [7, 11) is 0. The van der Waals surface area contributed by atoms with E-state index in [9.17, 15) is 0 Å². The molecule has 0 N–H and O–H groups in total. The summed E-state index contributed by atoms with van der Waals surface area (Å²) in [5, 5.41) is 0. The summed E-state index contributed by atoms with van der Waals surface area (Å²) in [5.74, 6) is 0. The quantitative estimate of drug-likeness (QED) is 0.529. The van der Waals surface area contributed by atoms with Crippen LogP contribution in [0.4, 0.5) is 0 Å². The van der Waals surface area contributed by atoms with Crippen molar-refractivity contribution in [3.05, 3.63) is 0 Å². The van der Waals surface area contributed by atoms with Crippen LogP contribution in [0.1, 0.15) is 0 Å². The van der Waals surface area contributed by atoms with Crippen LogP contribution in [0.5, 0.6) is 0 Å². The Morgan fingerprint density at radius 1 is 1.20 bits per heavy atom. The fourth-order valence-corrected chi connectivity index (χ4v) is 0. The molecule has 0 aliphatic heterocycles. The summed E-state index contributed by atoms with van der Waals surface area (Å²) >= 11 is 1.17. The first kappa shape index (κ1) is 27.8. The summed E-state index contributed by atoms with van der Waals surface area (Å²) < 4.78 is 8.17. The zero-order chi connectivity index (χ0) is 2.00. The molecule has 0 unspecified atom stereocenters. The SMILES string of the molecule is [Cr].[Mo].[Ni].[O]=[Al]. The minimum absolute atomic E-state index is 0. The van der Waals surface area contributed by atoms with E-state index in [1.54, 1.807) is 0 Å². The summed E-state index contributed by atoms with van der Waals surface area (Å²) in [6.45, 7) is 0. The summed E-state index contributed by atoms with van der Waals surface area (Å²) in [6, 6.07) is 0. The van der Waals surface area contributed by atoms with Gasteiger partial charge in [-0.25, -0.2) is 0 Å². The van der Waals surface area contributed by atoms with E-state index >= 15 is 0 Å². The fourth-order valence-electron chi connectivity index (χ4n) is 0. The van der Waals surface area contributed by atoms with E-state index in [1.165, 1.54) is 16.2 Å². The van der Waals surface area contributed by atoms with Gasteiger partial charge in [0.25, 0.3) is 0 Å². The predicted molar refractivity (Wildman–Crippen MR) is 6.44 cm³/mol. The predicted octanol–water partition coefficient (Wildman–Crippen LogP) is -0.507. The first-order chi connectivity index (χ1) is 1.00. The van der Waals surface area contributed by atoms with Crippen molar-refractivity contribution in [2.24, 2.45) is 0 Å². The van der Waals surface area contributed by atoms with E-state index in [1.807, 2.05) is 0 Å². The standard InChI is InChI=1S/Al.Cr.Mo.Ni.O. The molecule has 0 aromatic heterocycles. The molecule has 0 aromatic carbocycles. The summed E-state index contributed by atoms with van der Waals surface area (Å²) in [6.07, 6.45) is 0. The van der Waals surface area contributed by atoms with Gasteiger partial charge in [-0.05, 0) is 0 Å². The van der Waals surface area contributed by atoms with Crippen molar-refractivity contribution in [1.82, 2.24) is 0 Å². The van der Waals surface area contributed by atoms with Gasteiger partial charge in [0, 0.05) is 54.9 Å². The second-order valence-corrected chi connectivity index (χ2v) is 0. The first-order valence-corrected chi connectivity index (χ1v) is 0.707. The number of hydrogen-bond donors (Lipinski definition) is 0. The monoisotopic (exact) mass is 251 g/mol. The molecule has 0 saturated heterocycles. The molecule has 5 heavy (non-hydrogen) atoms. The number of rotatable bonds is 0. The molecular weight excluding hydrogens is 250 g/mol. The molecule has 0 atom stereocenters. The molecule has 0 aliphatic carbocycles. The van der Waals surface area contributed by atoms with Crippen molar-refractivity contribution in [2.75, 3.05) is 0 Å². The first-order valence-electron chi connectivity index (χ1n) is 0.236. The van der Waals surface area contributed by atoms with Crippen LogP contribution >= 0.6 is 0 Å². The second-order valence-electron chi connectivity index (χ2n) is 0. The average Bonchev–Trinajstić information content (AvgIpc) is 1.00. The van der Waals surface area contributed by atoms with E-state index < -0.39 is 0 Å². The molecule has 1 nitrogen and oxygen atoms in total. The molecule has 0 aliphatic rings. The van der Waals surface area contributed by atoms with Crippen LogP contribution < -0.4 is 0 Å². The molecule has 0 bridgehead atoms. The fraction of sp³-hybridized carbons (Fsp3) is 0. The zero-order valence-electron chi connectivity index (χ0n) is 2.12. The van der Waals surface area contributed by atoms with Crippen molar-refractivity contribution in [1.29, 1.82) is 0 Å². The van der Waals surface area contributed by atoms with Gasteiger partial charge < -0.3 is 0 Å². The molecule has 0 amide bonds. The molecule has 0 rings (SSSR count). The molecule has 5 heteroatoms. The molecule has 0 aromatic rings. The Labute approximate surface area is 74.2 Å². The van der Waals surface area contributed by atoms with Gasteiger partial charge in [-0.2, -0.15) is 0 Å². The zero-order valence-corrected chi connectivity index (χ0v) is 7.54. The van der Waals surface area contributed by atoms with Crippen molar-refractivity contribution in [2.45, 2.75) is 0 Å². The van der Waals surface area contributed by atoms with Crippen LogP contribution in [0.2, 0.25) is 0 Å². The van der Waals surface area contributed by atoms with Gasteiger partial charge in [-0.3, -0.25) is 0 Å². The van der Waals surface area contributed by atoms with Gasteiger partial charge in [0.05, 0.1) is 0 Å². The van der Waals surface area contributed by atoms with Crippen molar-refractivity contribution < 1.29 is 58.7 Å². The third-order valence-corrected chi connectivity index (χ3v) is 0. The Balaban J connectivity index is -0.00000000167. The van der Waals surface area contributed by atoms with Crippen LogP contribution in [0.15, 0.2) is 0 Å². The van der Waals surface area contributed by atoms with Crippen LogP contribution in [0.25, 0.3) is 0 Å². The van der Waals surface area contributed by atoms with Gasteiger partial charge in [0.15, 0.2) is 0 Å². The number of hydrogen-bond acceptors (Lipinski definition) is 1. The Bertz CT molecular complexity index is 11.6. The van der Waals surface area contributed by atoms with Gasteiger partial charge in [-0.1, -0.05) is 0 Å². The second kappa shape index (κ2) is 36.8. The molecule has 1 radical (unpaired) electrons. The average molecular weight is 250 g/mol. The molecular formula is AlCrMoNiO. The van der Waals surface area contributed by atoms with Crippen molar-refractivity contribution >= 4 is 16.2 Å². The Hall–Kier alpha value is 2.05. The Morgan fingerprint density at radius 2 is 1.20 bits per heavy atom. The summed E-state index contributed by atoms with van der Waals surface area (Å²) in [5.41, 5.74) is 0. The Kier molecular flexibility index (Phi) is 204. The van der Waals surface area contributed by atoms with Gasteiger partial charge in [0.1, 0.15) is 0 Å². The third-order valence-electron chi connectivity index (χ3n) is 0. The van der Waals surface area contributed by atoms with Crippen LogP contribution in [-0.2, 0) is 58.7 Å². The summed E-state index contributed by atoms with van der Waals surface area (Å²) in [4.78, 5) is 0. The molecule has 0 fully saturated rings. The van der Waals surface area contributed by atoms with Gasteiger partial charge in [0.2, 0.25) is 0 Å². The Morgan fingerprint density at radius 3 is 1.20 bits per heavy atom. The minimum atomic E-state index is 0. The van der Waals surface area contributed by atoms with E-state index in [2.05, 4.69) is 0 Å². The van der Waals surface area contributed by atoms with E-state index in [-0.39, 0.29) is 54.9 Å². The van der Waals surface area contributed by atoms with Crippen molar-refractivity contribution in [3.8, 4) is 0 Å². The van der Waals surface area contributed by atoms with E-state index in [0.29, 0.717) is 0 Å². The van der Waals surface area contributed by atoms with Crippen LogP contribution in [-0.4, -0.2) is 16.2 Å². The molecule has 0 spiro atoms. The maximum atomic E-state index is 8.17. The third kappa shape index (κ3) is 23.6. The van der Waals surface area contributed by atoms with E-state index in [4.69, 9.17) is 3.80 Å².